The van der Waals surface area contributed by atoms with Gasteiger partial charge in [0.05, 0.1) is 16.2 Å². The summed E-state index contributed by atoms with van der Waals surface area (Å²) < 4.78 is 80.2. The van der Waals surface area contributed by atoms with E-state index in [-0.39, 0.29) is 18.0 Å². The molecule has 2 aromatic heterocycles. The summed E-state index contributed by atoms with van der Waals surface area (Å²) in [5.74, 6) is -0.639. The Labute approximate surface area is 245 Å². The first-order valence-corrected chi connectivity index (χ1v) is 14.8. The molecule has 1 saturated heterocycles. The van der Waals surface area contributed by atoms with E-state index in [1.807, 2.05) is 12.1 Å². The fourth-order valence-corrected chi connectivity index (χ4v) is 6.45. The minimum Gasteiger partial charge on any atom is -0.366 e. The lowest BCUT2D eigenvalue weighted by Crippen LogP contribution is -2.45. The highest BCUT2D eigenvalue weighted by atomic mass is 32.2. The molecule has 224 valence electrons. The second kappa shape index (κ2) is 12.5. The van der Waals surface area contributed by atoms with Gasteiger partial charge in [-0.05, 0) is 84.6 Å². The number of nitrogens with one attached hydrogen (secondary N) is 2. The first-order valence-electron chi connectivity index (χ1n) is 13.4. The molecule has 13 heteroatoms. The van der Waals surface area contributed by atoms with E-state index >= 15 is 0 Å². The number of carbonyl (C=O) groups is 1. The highest BCUT2D eigenvalue weighted by molar-refractivity contribution is 7.89. The number of rotatable bonds is 9. The molecular weight excluding hydrogens is 586 g/mol. The topological polar surface area (TPSA) is 104 Å². The molecule has 4 aromatic rings. The minimum absolute atomic E-state index is 0.0138. The van der Waals surface area contributed by atoms with Crippen molar-refractivity contribution in [3.8, 4) is 11.3 Å². The number of hydrogen-bond donors (Lipinski definition) is 2. The van der Waals surface area contributed by atoms with E-state index in [1.165, 1.54) is 12.1 Å². The van der Waals surface area contributed by atoms with E-state index in [0.717, 1.165) is 46.3 Å². The van der Waals surface area contributed by atoms with Crippen LogP contribution >= 0.6 is 0 Å². The Bertz CT molecular complexity index is 1680. The first kappa shape index (κ1) is 30.1. The van der Waals surface area contributed by atoms with Gasteiger partial charge in [0.25, 0.3) is 0 Å². The second-order valence-electron chi connectivity index (χ2n) is 9.98. The van der Waals surface area contributed by atoms with Crippen molar-refractivity contribution in [1.29, 1.82) is 0 Å². The lowest BCUT2D eigenvalue weighted by molar-refractivity contribution is -0.137. The zero-order valence-corrected chi connectivity index (χ0v) is 23.5. The Morgan fingerprint density at radius 3 is 2.30 bits per heavy atom. The number of halogens is 4. The summed E-state index contributed by atoms with van der Waals surface area (Å²) in [6.07, 6.45) is -0.389. The Balaban J connectivity index is 1.35. The molecule has 0 unspecified atom stereocenters. The average molecular weight is 614 g/mol. The molecule has 1 aliphatic rings. The highest BCUT2D eigenvalue weighted by Gasteiger charge is 2.39. The SMILES string of the molecule is O=C(NCc1cc(NCc2ccncc2)nc(-c2ccc(C(F)(F)F)cc2)c1)[C@@H]1CCCN1S(=O)(=O)c1ccc(F)cc1. The van der Waals surface area contributed by atoms with Gasteiger partial charge in [0.1, 0.15) is 17.7 Å². The van der Waals surface area contributed by atoms with Gasteiger partial charge < -0.3 is 10.6 Å². The quantitative estimate of drug-likeness (QED) is 0.246. The van der Waals surface area contributed by atoms with E-state index in [9.17, 15) is 30.8 Å². The number of aromatic nitrogens is 2. The van der Waals surface area contributed by atoms with Crippen LogP contribution in [0, 0.1) is 5.82 Å². The fourth-order valence-electron chi connectivity index (χ4n) is 4.79. The van der Waals surface area contributed by atoms with Gasteiger partial charge in [-0.2, -0.15) is 17.5 Å². The smallest absolute Gasteiger partial charge is 0.366 e. The molecule has 8 nitrogen and oxygen atoms in total. The van der Waals surface area contributed by atoms with Crippen LogP contribution in [0.4, 0.5) is 23.4 Å². The van der Waals surface area contributed by atoms with E-state index < -0.39 is 39.5 Å². The maximum atomic E-state index is 13.4. The van der Waals surface area contributed by atoms with Crippen LogP contribution in [0.3, 0.4) is 0 Å². The normalized spacial score (nSPS) is 15.8. The Kier molecular flexibility index (Phi) is 8.74. The van der Waals surface area contributed by atoms with Crippen molar-refractivity contribution < 1.29 is 30.8 Å². The summed E-state index contributed by atoms with van der Waals surface area (Å²) in [6.45, 7) is 0.560. The molecular formula is C30H27F4N5O3S. The van der Waals surface area contributed by atoms with Crippen LogP contribution in [0.5, 0.6) is 0 Å². The van der Waals surface area contributed by atoms with Crippen molar-refractivity contribution in [3.63, 3.8) is 0 Å². The van der Waals surface area contributed by atoms with E-state index in [0.29, 0.717) is 42.0 Å². The zero-order valence-electron chi connectivity index (χ0n) is 22.7. The van der Waals surface area contributed by atoms with Crippen LogP contribution in [0.2, 0.25) is 0 Å². The van der Waals surface area contributed by atoms with Crippen LogP contribution < -0.4 is 10.6 Å². The predicted molar refractivity (Wildman–Crippen MR) is 151 cm³/mol. The van der Waals surface area contributed by atoms with Gasteiger partial charge in [0.2, 0.25) is 15.9 Å². The van der Waals surface area contributed by atoms with Crippen molar-refractivity contribution in [2.24, 2.45) is 0 Å². The number of carbonyl (C=O) groups excluding carboxylic acids is 1. The largest absolute Gasteiger partial charge is 0.416 e. The van der Waals surface area contributed by atoms with Crippen LogP contribution in [-0.2, 0) is 34.1 Å². The van der Waals surface area contributed by atoms with Gasteiger partial charge in [0, 0.05) is 37.6 Å². The van der Waals surface area contributed by atoms with E-state index in [1.54, 1.807) is 24.5 Å². The number of anilines is 1. The minimum atomic E-state index is -4.48. The molecule has 3 heterocycles. The maximum absolute atomic E-state index is 13.4. The summed E-state index contributed by atoms with van der Waals surface area (Å²) in [7, 11) is -4.03. The predicted octanol–water partition coefficient (Wildman–Crippen LogP) is 5.38. The van der Waals surface area contributed by atoms with Crippen molar-refractivity contribution in [2.45, 2.75) is 43.0 Å². The molecule has 2 aromatic carbocycles. The molecule has 0 bridgehead atoms. The lowest BCUT2D eigenvalue weighted by atomic mass is 10.1. The number of nitrogens with zero attached hydrogens (tertiary/aromatic N) is 3. The number of sulfonamides is 1. The fraction of sp³-hybridized carbons (Fsp3) is 0.233. The molecule has 5 rings (SSSR count). The van der Waals surface area contributed by atoms with Gasteiger partial charge in [0.15, 0.2) is 0 Å². The molecule has 0 spiro atoms. The maximum Gasteiger partial charge on any atom is 0.416 e. The number of benzene rings is 2. The monoisotopic (exact) mass is 613 g/mol. The standard InChI is InChI=1S/C30H27F4N5O3S/c31-24-7-9-25(10-8-24)43(41,42)39-15-1-2-27(39)29(40)37-19-21-16-26(22-3-5-23(6-4-22)30(32,33)34)38-28(17-21)36-18-20-11-13-35-14-12-20/h3-14,16-17,27H,1-2,15,18-19H2,(H,36,38)(H,37,40)/t27-/m0/s1. The van der Waals surface area contributed by atoms with Crippen molar-refractivity contribution in [2.75, 3.05) is 11.9 Å². The number of amides is 1. The van der Waals surface area contributed by atoms with Gasteiger partial charge in [-0.25, -0.2) is 17.8 Å². The van der Waals surface area contributed by atoms with Gasteiger partial charge in [-0.15, -0.1) is 0 Å². The molecule has 1 fully saturated rings. The molecule has 43 heavy (non-hydrogen) atoms. The number of alkyl halides is 3. The third-order valence-corrected chi connectivity index (χ3v) is 8.93. The van der Waals surface area contributed by atoms with Crippen LogP contribution in [0.25, 0.3) is 11.3 Å². The summed E-state index contributed by atoms with van der Waals surface area (Å²) in [4.78, 5) is 21.7. The van der Waals surface area contributed by atoms with Gasteiger partial charge in [-0.3, -0.25) is 9.78 Å². The summed E-state index contributed by atoms with van der Waals surface area (Å²) in [5.41, 5.74) is 1.57. The molecule has 1 amide bonds. The van der Waals surface area contributed by atoms with Crippen molar-refractivity contribution in [1.82, 2.24) is 19.6 Å². The Hall–Kier alpha value is -4.36. The molecule has 1 atom stereocenters. The number of hydrogen-bond acceptors (Lipinski definition) is 6. The molecule has 0 radical (unpaired) electrons. The Morgan fingerprint density at radius 1 is 0.930 bits per heavy atom. The zero-order chi connectivity index (χ0) is 30.6. The molecule has 0 saturated carbocycles. The lowest BCUT2D eigenvalue weighted by Gasteiger charge is -2.23. The van der Waals surface area contributed by atoms with E-state index in [4.69, 9.17) is 0 Å². The van der Waals surface area contributed by atoms with Crippen LogP contribution in [0.15, 0.2) is 90.1 Å². The summed E-state index contributed by atoms with van der Waals surface area (Å²) in [6, 6.07) is 15.1. The van der Waals surface area contributed by atoms with Crippen LogP contribution in [0.1, 0.15) is 29.5 Å². The highest BCUT2D eigenvalue weighted by Crippen LogP contribution is 2.31. The van der Waals surface area contributed by atoms with Gasteiger partial charge >= 0.3 is 6.18 Å². The van der Waals surface area contributed by atoms with Crippen LogP contribution in [-0.4, -0.2) is 41.2 Å². The summed E-state index contributed by atoms with van der Waals surface area (Å²) >= 11 is 0. The third-order valence-electron chi connectivity index (χ3n) is 7.01. The molecule has 0 aliphatic carbocycles. The van der Waals surface area contributed by atoms with Crippen molar-refractivity contribution >= 4 is 21.7 Å². The van der Waals surface area contributed by atoms with Gasteiger partial charge in [-0.1, -0.05) is 12.1 Å². The third kappa shape index (κ3) is 7.17. The molecule has 1 aliphatic heterocycles. The number of pyridine rings is 2. The van der Waals surface area contributed by atoms with Crippen molar-refractivity contribution in [3.05, 3.63) is 108 Å². The summed E-state index contributed by atoms with van der Waals surface area (Å²) in [5, 5.41) is 5.99. The second-order valence-corrected chi connectivity index (χ2v) is 11.9. The molecule has 2 N–H and O–H groups in total. The first-order chi connectivity index (χ1) is 20.5. The Morgan fingerprint density at radius 2 is 1.63 bits per heavy atom. The average Bonchev–Trinajstić information content (AvgIpc) is 3.51. The van der Waals surface area contributed by atoms with E-state index in [2.05, 4.69) is 20.6 Å².